The second kappa shape index (κ2) is 11.8. The third kappa shape index (κ3) is 5.95. The molecule has 5 nitrogen and oxygen atoms in total. The van der Waals surface area contributed by atoms with Gasteiger partial charge in [0.2, 0.25) is 0 Å². The first kappa shape index (κ1) is 24.6. The molecule has 1 amide bonds. The summed E-state index contributed by atoms with van der Waals surface area (Å²) in [6.45, 7) is 7.12. The molecule has 4 rings (SSSR count). The minimum Gasteiger partial charge on any atom is -0.496 e. The monoisotopic (exact) mass is 485 g/mol. The van der Waals surface area contributed by atoms with Crippen LogP contribution in [-0.4, -0.2) is 36.2 Å². The smallest absolute Gasteiger partial charge is 0.267 e. The highest BCUT2D eigenvalue weighted by molar-refractivity contribution is 8.18. The molecule has 3 aromatic carbocycles. The standard InChI is InChI=1S/C29H31N3O2S/c1-4-31(5-2)25-17-16-24(26(19-25)34-3)18-27-28(33)32(21-23-14-10-7-11-15-23)29(35-27)30-20-22-12-8-6-9-13-22/h6-19H,4-5,20-21H2,1-3H3. The van der Waals surface area contributed by atoms with E-state index in [0.717, 1.165) is 41.2 Å². The topological polar surface area (TPSA) is 45.1 Å². The van der Waals surface area contributed by atoms with Gasteiger partial charge in [-0.25, -0.2) is 0 Å². The van der Waals surface area contributed by atoms with Crippen molar-refractivity contribution in [3.8, 4) is 5.75 Å². The van der Waals surface area contributed by atoms with Gasteiger partial charge in [0.15, 0.2) is 5.17 Å². The number of amidine groups is 1. The molecule has 0 bridgehead atoms. The van der Waals surface area contributed by atoms with Crippen molar-refractivity contribution in [3.05, 3.63) is 100 Å². The summed E-state index contributed by atoms with van der Waals surface area (Å²) in [5.74, 6) is 0.708. The fourth-order valence-electron chi connectivity index (χ4n) is 4.02. The van der Waals surface area contributed by atoms with Crippen molar-refractivity contribution in [1.29, 1.82) is 0 Å². The molecule has 1 fully saturated rings. The Morgan fingerprint density at radius 3 is 2.23 bits per heavy atom. The summed E-state index contributed by atoms with van der Waals surface area (Å²) < 4.78 is 5.69. The average molecular weight is 486 g/mol. The molecule has 0 atom stereocenters. The summed E-state index contributed by atoms with van der Waals surface area (Å²) in [5.41, 5.74) is 4.16. The molecule has 6 heteroatoms. The third-order valence-corrected chi connectivity index (χ3v) is 6.99. The van der Waals surface area contributed by atoms with E-state index < -0.39 is 0 Å². The number of aliphatic imine (C=N–C) groups is 1. The van der Waals surface area contributed by atoms with Crippen LogP contribution in [-0.2, 0) is 17.9 Å². The normalized spacial score (nSPS) is 15.7. The van der Waals surface area contributed by atoms with Gasteiger partial charge in [0.1, 0.15) is 5.75 Å². The van der Waals surface area contributed by atoms with Crippen LogP contribution in [0.4, 0.5) is 5.69 Å². The SMILES string of the molecule is CCN(CC)c1ccc(C=C2SC(=NCc3ccccc3)N(Cc3ccccc3)C2=O)c(OC)c1. The predicted octanol–water partition coefficient (Wildman–Crippen LogP) is 6.21. The Bertz CT molecular complexity index is 1210. The minimum absolute atomic E-state index is 0.0412. The quantitative estimate of drug-likeness (QED) is 0.338. The van der Waals surface area contributed by atoms with E-state index in [1.54, 1.807) is 12.0 Å². The van der Waals surface area contributed by atoms with Crippen molar-refractivity contribution in [2.45, 2.75) is 26.9 Å². The average Bonchev–Trinajstić information content (AvgIpc) is 3.19. The van der Waals surface area contributed by atoms with Gasteiger partial charge in [-0.1, -0.05) is 60.7 Å². The summed E-state index contributed by atoms with van der Waals surface area (Å²) in [7, 11) is 1.67. The zero-order valence-corrected chi connectivity index (χ0v) is 21.3. The Labute approximate surface area is 212 Å². The second-order valence-corrected chi connectivity index (χ2v) is 9.18. The van der Waals surface area contributed by atoms with Gasteiger partial charge in [-0.05, 0) is 54.9 Å². The van der Waals surface area contributed by atoms with E-state index in [2.05, 4.69) is 24.8 Å². The Hall–Kier alpha value is -3.51. The maximum Gasteiger partial charge on any atom is 0.267 e. The molecule has 1 saturated heterocycles. The summed E-state index contributed by atoms with van der Waals surface area (Å²) in [4.78, 5) is 23.0. The fourth-order valence-corrected chi connectivity index (χ4v) is 4.99. The first-order chi connectivity index (χ1) is 17.1. The Morgan fingerprint density at radius 1 is 0.943 bits per heavy atom. The number of hydrogen-bond donors (Lipinski definition) is 0. The highest BCUT2D eigenvalue weighted by Crippen LogP contribution is 2.36. The molecular weight excluding hydrogens is 454 g/mol. The van der Waals surface area contributed by atoms with Gasteiger partial charge in [-0.15, -0.1) is 0 Å². The number of nitrogens with zero attached hydrogens (tertiary/aromatic N) is 3. The van der Waals surface area contributed by atoms with Crippen LogP contribution in [0.15, 0.2) is 88.8 Å². The molecule has 0 spiro atoms. The highest BCUT2D eigenvalue weighted by Gasteiger charge is 2.33. The van der Waals surface area contributed by atoms with Crippen LogP contribution in [0.3, 0.4) is 0 Å². The molecule has 1 aliphatic rings. The molecule has 35 heavy (non-hydrogen) atoms. The molecule has 0 unspecified atom stereocenters. The number of amides is 1. The van der Waals surface area contributed by atoms with E-state index in [-0.39, 0.29) is 5.91 Å². The summed E-state index contributed by atoms with van der Waals surface area (Å²) in [6, 6.07) is 26.3. The molecular formula is C29H31N3O2S. The van der Waals surface area contributed by atoms with Crippen LogP contribution in [0.5, 0.6) is 5.75 Å². The van der Waals surface area contributed by atoms with Crippen molar-refractivity contribution < 1.29 is 9.53 Å². The lowest BCUT2D eigenvalue weighted by molar-refractivity contribution is -0.122. The molecule has 0 aliphatic carbocycles. The predicted molar refractivity (Wildman–Crippen MR) is 147 cm³/mol. The Balaban J connectivity index is 1.65. The zero-order valence-electron chi connectivity index (χ0n) is 20.5. The van der Waals surface area contributed by atoms with Gasteiger partial charge in [0.25, 0.3) is 5.91 Å². The van der Waals surface area contributed by atoms with Crippen LogP contribution >= 0.6 is 11.8 Å². The number of methoxy groups -OCH3 is 1. The van der Waals surface area contributed by atoms with Crippen molar-refractivity contribution >= 4 is 34.6 Å². The molecule has 0 aromatic heterocycles. The molecule has 0 radical (unpaired) electrons. The summed E-state index contributed by atoms with van der Waals surface area (Å²) in [6.07, 6.45) is 1.92. The van der Waals surface area contributed by atoms with Gasteiger partial charge in [-0.3, -0.25) is 14.7 Å². The maximum absolute atomic E-state index is 13.5. The van der Waals surface area contributed by atoms with Gasteiger partial charge in [0.05, 0.1) is 25.1 Å². The number of carbonyl (C=O) groups excluding carboxylic acids is 1. The zero-order chi connectivity index (χ0) is 24.6. The number of thioether (sulfide) groups is 1. The van der Waals surface area contributed by atoms with E-state index in [4.69, 9.17) is 9.73 Å². The first-order valence-electron chi connectivity index (χ1n) is 11.9. The lowest BCUT2D eigenvalue weighted by atomic mass is 10.1. The van der Waals surface area contributed by atoms with Crippen molar-refractivity contribution in [2.24, 2.45) is 4.99 Å². The lowest BCUT2D eigenvalue weighted by Crippen LogP contribution is -2.28. The number of rotatable bonds is 9. The lowest BCUT2D eigenvalue weighted by Gasteiger charge is -2.22. The number of hydrogen-bond acceptors (Lipinski definition) is 5. The Kier molecular flexibility index (Phi) is 8.27. The van der Waals surface area contributed by atoms with E-state index in [1.807, 2.05) is 78.9 Å². The van der Waals surface area contributed by atoms with Gasteiger partial charge < -0.3 is 9.64 Å². The highest BCUT2D eigenvalue weighted by atomic mass is 32.2. The summed E-state index contributed by atoms with van der Waals surface area (Å²) >= 11 is 1.42. The van der Waals surface area contributed by atoms with Crippen LogP contribution in [0.2, 0.25) is 0 Å². The van der Waals surface area contributed by atoms with E-state index in [9.17, 15) is 4.79 Å². The minimum atomic E-state index is -0.0412. The molecule has 180 valence electrons. The van der Waals surface area contributed by atoms with Crippen LogP contribution in [0.25, 0.3) is 6.08 Å². The largest absolute Gasteiger partial charge is 0.496 e. The van der Waals surface area contributed by atoms with Gasteiger partial charge in [-0.2, -0.15) is 0 Å². The van der Waals surface area contributed by atoms with E-state index in [0.29, 0.717) is 23.2 Å². The fraction of sp³-hybridized carbons (Fsp3) is 0.241. The molecule has 1 heterocycles. The van der Waals surface area contributed by atoms with Gasteiger partial charge >= 0.3 is 0 Å². The molecule has 0 saturated carbocycles. The number of ether oxygens (including phenoxy) is 1. The Morgan fingerprint density at radius 2 is 1.60 bits per heavy atom. The van der Waals surface area contributed by atoms with Crippen LogP contribution in [0, 0.1) is 0 Å². The van der Waals surface area contributed by atoms with Crippen LogP contribution in [0.1, 0.15) is 30.5 Å². The molecule has 0 N–H and O–H groups in total. The van der Waals surface area contributed by atoms with Gasteiger partial charge in [0, 0.05) is 30.4 Å². The molecule has 3 aromatic rings. The third-order valence-electron chi connectivity index (χ3n) is 5.94. The number of carbonyl (C=O) groups is 1. The first-order valence-corrected chi connectivity index (χ1v) is 12.7. The maximum atomic E-state index is 13.5. The molecule has 1 aliphatic heterocycles. The number of benzene rings is 3. The van der Waals surface area contributed by atoms with E-state index >= 15 is 0 Å². The van der Waals surface area contributed by atoms with Crippen molar-refractivity contribution in [2.75, 3.05) is 25.1 Å². The van der Waals surface area contributed by atoms with E-state index in [1.165, 1.54) is 11.8 Å². The van der Waals surface area contributed by atoms with Crippen molar-refractivity contribution in [3.63, 3.8) is 0 Å². The summed E-state index contributed by atoms with van der Waals surface area (Å²) in [5, 5.41) is 0.715. The van der Waals surface area contributed by atoms with Crippen LogP contribution < -0.4 is 9.64 Å². The number of anilines is 1. The van der Waals surface area contributed by atoms with Crippen molar-refractivity contribution in [1.82, 2.24) is 4.90 Å². The second-order valence-electron chi connectivity index (χ2n) is 8.17.